The van der Waals surface area contributed by atoms with Gasteiger partial charge in [0, 0.05) is 26.1 Å². The van der Waals surface area contributed by atoms with Gasteiger partial charge in [-0.05, 0) is 32.1 Å². The van der Waals surface area contributed by atoms with Gasteiger partial charge < -0.3 is 20.5 Å². The average molecular weight is 272 g/mol. The fourth-order valence-corrected chi connectivity index (χ4v) is 2.15. The highest BCUT2D eigenvalue weighted by Gasteiger charge is 2.35. The monoisotopic (exact) mass is 272 g/mol. The van der Waals surface area contributed by atoms with Crippen LogP contribution in [0, 0.1) is 5.92 Å². The van der Waals surface area contributed by atoms with Crippen LogP contribution >= 0.6 is 0 Å². The van der Waals surface area contributed by atoms with Gasteiger partial charge in [-0.3, -0.25) is 9.59 Å². The van der Waals surface area contributed by atoms with Crippen molar-refractivity contribution in [2.45, 2.75) is 44.7 Å². The van der Waals surface area contributed by atoms with E-state index in [2.05, 4.69) is 0 Å². The molecule has 1 aliphatic rings. The molecule has 1 rings (SSSR count). The average Bonchev–Trinajstić information content (AvgIpc) is 3.19. The summed E-state index contributed by atoms with van der Waals surface area (Å²) in [7, 11) is 1.59. The molecule has 2 unspecified atom stereocenters. The lowest BCUT2D eigenvalue weighted by Gasteiger charge is -2.31. The lowest BCUT2D eigenvalue weighted by Crippen LogP contribution is -2.49. The van der Waals surface area contributed by atoms with Crippen molar-refractivity contribution < 1.29 is 19.4 Å². The van der Waals surface area contributed by atoms with E-state index in [4.69, 9.17) is 15.6 Å². The summed E-state index contributed by atoms with van der Waals surface area (Å²) in [6.45, 7) is 3.00. The minimum atomic E-state index is -0.929. The van der Waals surface area contributed by atoms with Gasteiger partial charge in [0.05, 0.1) is 12.6 Å². The van der Waals surface area contributed by atoms with Gasteiger partial charge in [0.25, 0.3) is 0 Å². The van der Waals surface area contributed by atoms with E-state index in [1.165, 1.54) is 0 Å². The fraction of sp³-hybridized carbons (Fsp3) is 0.846. The second-order valence-electron chi connectivity index (χ2n) is 5.14. The molecule has 2 atom stereocenters. The summed E-state index contributed by atoms with van der Waals surface area (Å²) in [4.78, 5) is 24.6. The number of carboxylic acids is 1. The number of methoxy groups -OCH3 is 1. The van der Waals surface area contributed by atoms with Gasteiger partial charge in [0.15, 0.2) is 0 Å². The maximum absolute atomic E-state index is 12.3. The van der Waals surface area contributed by atoms with Gasteiger partial charge >= 0.3 is 5.97 Å². The third-order valence-corrected chi connectivity index (χ3v) is 3.60. The van der Waals surface area contributed by atoms with Crippen LogP contribution in [0.1, 0.15) is 32.6 Å². The van der Waals surface area contributed by atoms with Crippen molar-refractivity contribution in [1.82, 2.24) is 4.90 Å². The fourth-order valence-electron chi connectivity index (χ4n) is 2.15. The molecule has 0 aromatic heterocycles. The third kappa shape index (κ3) is 5.16. The number of amides is 1. The molecule has 1 amide bonds. The molecule has 0 heterocycles. The molecule has 1 aliphatic carbocycles. The van der Waals surface area contributed by atoms with Crippen LogP contribution in [-0.2, 0) is 14.3 Å². The molecule has 0 spiro atoms. The minimum absolute atomic E-state index is 0.0805. The number of nitrogens with two attached hydrogens (primary N) is 1. The van der Waals surface area contributed by atoms with E-state index in [9.17, 15) is 9.59 Å². The number of carboxylic acid groups (broad SMARTS) is 1. The molecule has 1 fully saturated rings. The number of hydrogen-bond donors (Lipinski definition) is 2. The van der Waals surface area contributed by atoms with Crippen molar-refractivity contribution in [3.8, 4) is 0 Å². The first-order valence-corrected chi connectivity index (χ1v) is 6.74. The van der Waals surface area contributed by atoms with Crippen LogP contribution in [0.4, 0.5) is 0 Å². The molecule has 0 aromatic rings. The second-order valence-corrected chi connectivity index (χ2v) is 5.14. The predicted molar refractivity (Wildman–Crippen MR) is 70.6 cm³/mol. The Morgan fingerprint density at radius 1 is 1.47 bits per heavy atom. The van der Waals surface area contributed by atoms with Crippen LogP contribution in [-0.4, -0.2) is 54.2 Å². The number of ether oxygens (including phenoxy) is 1. The molecule has 110 valence electrons. The van der Waals surface area contributed by atoms with Gasteiger partial charge in [-0.2, -0.15) is 0 Å². The molecule has 0 radical (unpaired) electrons. The Balaban J connectivity index is 2.55. The Morgan fingerprint density at radius 3 is 2.58 bits per heavy atom. The first kappa shape index (κ1) is 15.9. The van der Waals surface area contributed by atoms with Crippen LogP contribution in [0.5, 0.6) is 0 Å². The van der Waals surface area contributed by atoms with Crippen molar-refractivity contribution in [3.63, 3.8) is 0 Å². The van der Waals surface area contributed by atoms with E-state index in [0.717, 1.165) is 12.8 Å². The van der Waals surface area contributed by atoms with Crippen LogP contribution in [0.3, 0.4) is 0 Å². The number of hydrogen-bond acceptors (Lipinski definition) is 4. The van der Waals surface area contributed by atoms with Crippen molar-refractivity contribution in [1.29, 1.82) is 0 Å². The zero-order chi connectivity index (χ0) is 14.4. The summed E-state index contributed by atoms with van der Waals surface area (Å²) < 4.78 is 5.02. The highest BCUT2D eigenvalue weighted by molar-refractivity contribution is 5.82. The van der Waals surface area contributed by atoms with Crippen molar-refractivity contribution >= 4 is 11.9 Å². The Kier molecular flexibility index (Phi) is 6.24. The van der Waals surface area contributed by atoms with Crippen LogP contribution in [0.2, 0.25) is 0 Å². The minimum Gasteiger partial charge on any atom is -0.481 e. The SMILES string of the molecule is COCCN(C(=O)C(N)CCC(=O)O)C(C)C1CC1. The highest BCUT2D eigenvalue weighted by Crippen LogP contribution is 2.35. The smallest absolute Gasteiger partial charge is 0.303 e. The molecule has 0 bridgehead atoms. The van der Waals surface area contributed by atoms with Crippen LogP contribution in [0.15, 0.2) is 0 Å². The Labute approximate surface area is 113 Å². The summed E-state index contributed by atoms with van der Waals surface area (Å²) in [6.07, 6.45) is 2.38. The van der Waals surface area contributed by atoms with Crippen molar-refractivity contribution in [3.05, 3.63) is 0 Å². The van der Waals surface area contributed by atoms with Crippen molar-refractivity contribution in [2.24, 2.45) is 11.7 Å². The number of carbonyl (C=O) groups excluding carboxylic acids is 1. The van der Waals surface area contributed by atoms with E-state index in [0.29, 0.717) is 19.1 Å². The number of nitrogens with zero attached hydrogens (tertiary/aromatic N) is 1. The Bertz CT molecular complexity index is 318. The van der Waals surface area contributed by atoms with E-state index in [1.807, 2.05) is 6.92 Å². The number of carbonyl (C=O) groups is 2. The summed E-state index contributed by atoms with van der Waals surface area (Å²) in [5.74, 6) is -0.549. The van der Waals surface area contributed by atoms with Gasteiger partial charge in [-0.25, -0.2) is 0 Å². The molecular weight excluding hydrogens is 248 g/mol. The van der Waals surface area contributed by atoms with Crippen LogP contribution in [0.25, 0.3) is 0 Å². The number of aliphatic carboxylic acids is 1. The standard InChI is InChI=1S/C13H24N2O4/c1-9(10-3-4-10)15(7-8-19-2)13(18)11(14)5-6-12(16)17/h9-11H,3-8,14H2,1-2H3,(H,16,17). The molecule has 0 saturated heterocycles. The van der Waals surface area contributed by atoms with Gasteiger partial charge in [0.1, 0.15) is 0 Å². The molecule has 6 nitrogen and oxygen atoms in total. The molecule has 6 heteroatoms. The summed E-state index contributed by atoms with van der Waals surface area (Å²) in [6, 6.07) is -0.590. The molecule has 0 aromatic carbocycles. The topological polar surface area (TPSA) is 92.9 Å². The predicted octanol–water partition coefficient (Wildman–Crippen LogP) is 0.452. The van der Waals surface area contributed by atoms with Gasteiger partial charge in [0.2, 0.25) is 5.91 Å². The maximum atomic E-state index is 12.3. The zero-order valence-corrected chi connectivity index (χ0v) is 11.7. The molecule has 1 saturated carbocycles. The van der Waals surface area contributed by atoms with E-state index in [-0.39, 0.29) is 24.8 Å². The highest BCUT2D eigenvalue weighted by atomic mass is 16.5. The lowest BCUT2D eigenvalue weighted by molar-refractivity contribution is -0.138. The molecule has 3 N–H and O–H groups in total. The summed E-state index contributed by atoms with van der Waals surface area (Å²) in [5.41, 5.74) is 5.80. The van der Waals surface area contributed by atoms with Crippen molar-refractivity contribution in [2.75, 3.05) is 20.3 Å². The zero-order valence-electron chi connectivity index (χ0n) is 11.7. The number of rotatable bonds is 9. The largest absolute Gasteiger partial charge is 0.481 e. The molecule has 0 aliphatic heterocycles. The maximum Gasteiger partial charge on any atom is 0.303 e. The lowest BCUT2D eigenvalue weighted by atomic mass is 10.1. The van der Waals surface area contributed by atoms with E-state index in [1.54, 1.807) is 12.0 Å². The Hall–Kier alpha value is -1.14. The summed E-state index contributed by atoms with van der Waals surface area (Å²) in [5, 5.41) is 8.63. The normalized spacial score (nSPS) is 17.8. The van der Waals surface area contributed by atoms with E-state index < -0.39 is 12.0 Å². The first-order chi connectivity index (χ1) is 8.97. The van der Waals surface area contributed by atoms with Crippen LogP contribution < -0.4 is 5.73 Å². The third-order valence-electron chi connectivity index (χ3n) is 3.60. The second kappa shape index (κ2) is 7.45. The summed E-state index contributed by atoms with van der Waals surface area (Å²) >= 11 is 0. The Morgan fingerprint density at radius 2 is 2.11 bits per heavy atom. The van der Waals surface area contributed by atoms with E-state index >= 15 is 0 Å². The quantitative estimate of drug-likeness (QED) is 0.636. The molecule has 19 heavy (non-hydrogen) atoms. The van der Waals surface area contributed by atoms with Gasteiger partial charge in [-0.1, -0.05) is 0 Å². The van der Waals surface area contributed by atoms with Gasteiger partial charge in [-0.15, -0.1) is 0 Å². The first-order valence-electron chi connectivity index (χ1n) is 6.74. The molecular formula is C13H24N2O4.